The third kappa shape index (κ3) is 5.27. The van der Waals surface area contributed by atoms with Gasteiger partial charge in [0.25, 0.3) is 0 Å². The zero-order valence-electron chi connectivity index (χ0n) is 11.6. The average molecular weight is 314 g/mol. The zero-order chi connectivity index (χ0) is 16.0. The molecule has 2 nitrogen and oxygen atoms in total. The molecule has 0 spiro atoms. The minimum Gasteiger partial charge on any atom is -0.491 e. The molecule has 118 valence electrons. The van der Waals surface area contributed by atoms with Gasteiger partial charge in [-0.1, -0.05) is 24.3 Å². The van der Waals surface area contributed by atoms with E-state index < -0.39 is 12.2 Å². The van der Waals surface area contributed by atoms with Crippen LogP contribution in [0.5, 0.6) is 11.5 Å². The molecule has 0 aromatic heterocycles. The Morgan fingerprint density at radius 3 is 2.45 bits per heavy atom. The lowest BCUT2D eigenvalue weighted by Crippen LogP contribution is -2.17. The van der Waals surface area contributed by atoms with Crippen molar-refractivity contribution in [3.05, 3.63) is 59.9 Å². The van der Waals surface area contributed by atoms with E-state index in [9.17, 15) is 17.6 Å². The van der Waals surface area contributed by atoms with Crippen molar-refractivity contribution in [2.75, 3.05) is 6.61 Å². The third-order valence-corrected chi connectivity index (χ3v) is 2.84. The summed E-state index contributed by atoms with van der Waals surface area (Å²) in [5, 5.41) is 0. The Bertz CT molecular complexity index is 611. The van der Waals surface area contributed by atoms with Gasteiger partial charge in [0.05, 0.1) is 6.61 Å². The topological polar surface area (TPSA) is 18.5 Å². The van der Waals surface area contributed by atoms with Crippen molar-refractivity contribution in [1.29, 1.82) is 0 Å². The van der Waals surface area contributed by atoms with Gasteiger partial charge in [0, 0.05) is 0 Å². The lowest BCUT2D eigenvalue weighted by molar-refractivity contribution is -0.274. The monoisotopic (exact) mass is 314 g/mol. The molecule has 2 rings (SSSR count). The van der Waals surface area contributed by atoms with Gasteiger partial charge < -0.3 is 9.47 Å². The largest absolute Gasteiger partial charge is 0.573 e. The van der Waals surface area contributed by atoms with E-state index >= 15 is 0 Å². The van der Waals surface area contributed by atoms with Gasteiger partial charge in [-0.3, -0.25) is 0 Å². The first kappa shape index (κ1) is 16.1. The number of alkyl halides is 3. The van der Waals surface area contributed by atoms with Crippen molar-refractivity contribution in [1.82, 2.24) is 0 Å². The predicted octanol–water partition coefficient (Wildman–Crippen LogP) is 4.74. The molecule has 0 bridgehead atoms. The van der Waals surface area contributed by atoms with Crippen LogP contribution in [-0.4, -0.2) is 13.0 Å². The molecule has 6 heteroatoms. The summed E-state index contributed by atoms with van der Waals surface area (Å²) < 4.78 is 58.8. The van der Waals surface area contributed by atoms with E-state index in [1.807, 2.05) is 0 Å². The summed E-state index contributed by atoms with van der Waals surface area (Å²) in [6, 6.07) is 11.8. The first-order chi connectivity index (χ1) is 10.4. The molecule has 0 aliphatic rings. The Labute approximate surface area is 125 Å². The normalized spacial score (nSPS) is 11.3. The summed E-state index contributed by atoms with van der Waals surface area (Å²) in [5.41, 5.74) is 0.693. The second-order valence-electron chi connectivity index (χ2n) is 4.58. The zero-order valence-corrected chi connectivity index (χ0v) is 11.6. The van der Waals surface area contributed by atoms with Crippen molar-refractivity contribution >= 4 is 0 Å². The van der Waals surface area contributed by atoms with E-state index in [1.54, 1.807) is 18.2 Å². The molecule has 0 aliphatic heterocycles. The number of hydrogen-bond donors (Lipinski definition) is 0. The molecule has 22 heavy (non-hydrogen) atoms. The van der Waals surface area contributed by atoms with E-state index in [4.69, 9.17) is 4.74 Å². The summed E-state index contributed by atoms with van der Waals surface area (Å²) >= 11 is 0. The molecule has 0 radical (unpaired) electrons. The van der Waals surface area contributed by atoms with Gasteiger partial charge in [-0.15, -0.1) is 13.2 Å². The molecule has 2 aromatic rings. The summed E-state index contributed by atoms with van der Waals surface area (Å²) in [4.78, 5) is 0. The van der Waals surface area contributed by atoms with Crippen LogP contribution < -0.4 is 9.47 Å². The fourth-order valence-electron chi connectivity index (χ4n) is 1.92. The van der Waals surface area contributed by atoms with Gasteiger partial charge in [0.15, 0.2) is 11.6 Å². The quantitative estimate of drug-likeness (QED) is 0.566. The third-order valence-electron chi connectivity index (χ3n) is 2.84. The minimum atomic E-state index is -4.70. The molecule has 0 unspecified atom stereocenters. The van der Waals surface area contributed by atoms with Crippen LogP contribution in [0.1, 0.15) is 12.0 Å². The van der Waals surface area contributed by atoms with Gasteiger partial charge in [0.2, 0.25) is 0 Å². The van der Waals surface area contributed by atoms with Crippen molar-refractivity contribution < 1.29 is 27.0 Å². The van der Waals surface area contributed by atoms with Crippen LogP contribution in [0.15, 0.2) is 48.5 Å². The average Bonchev–Trinajstić information content (AvgIpc) is 2.44. The molecule has 0 atom stereocenters. The van der Waals surface area contributed by atoms with E-state index in [0.717, 1.165) is 0 Å². The van der Waals surface area contributed by atoms with Crippen LogP contribution in [0.2, 0.25) is 0 Å². The molecular weight excluding hydrogens is 300 g/mol. The molecular formula is C16H14F4O2. The van der Waals surface area contributed by atoms with Crippen molar-refractivity contribution in [3.63, 3.8) is 0 Å². The standard InChI is InChI=1S/C16H14F4O2/c17-14-8-1-2-9-15(14)21-10-4-6-12-5-3-7-13(11-12)22-16(18,19)20/h1-3,5,7-9,11H,4,6,10H2. The Hall–Kier alpha value is -2.24. The van der Waals surface area contributed by atoms with E-state index in [2.05, 4.69) is 4.74 Å². The highest BCUT2D eigenvalue weighted by Crippen LogP contribution is 2.23. The molecule has 0 saturated carbocycles. The molecule has 0 aliphatic carbocycles. The summed E-state index contributed by atoms with van der Waals surface area (Å²) in [7, 11) is 0. The number of aryl methyl sites for hydroxylation is 1. The summed E-state index contributed by atoms with van der Waals surface area (Å²) in [6.07, 6.45) is -3.65. The van der Waals surface area contributed by atoms with Gasteiger partial charge >= 0.3 is 6.36 Å². The highest BCUT2D eigenvalue weighted by atomic mass is 19.4. The van der Waals surface area contributed by atoms with Gasteiger partial charge in [-0.05, 0) is 42.7 Å². The fraction of sp³-hybridized carbons (Fsp3) is 0.250. The Morgan fingerprint density at radius 1 is 0.955 bits per heavy atom. The highest BCUT2D eigenvalue weighted by molar-refractivity contribution is 5.29. The Morgan fingerprint density at radius 2 is 1.73 bits per heavy atom. The predicted molar refractivity (Wildman–Crippen MR) is 73.3 cm³/mol. The van der Waals surface area contributed by atoms with E-state index in [0.29, 0.717) is 18.4 Å². The minimum absolute atomic E-state index is 0.164. The SMILES string of the molecule is Fc1ccccc1OCCCc1cccc(OC(F)(F)F)c1. The molecule has 2 aromatic carbocycles. The van der Waals surface area contributed by atoms with Crippen LogP contribution >= 0.6 is 0 Å². The van der Waals surface area contributed by atoms with Gasteiger partial charge in [-0.2, -0.15) is 0 Å². The number of para-hydroxylation sites is 1. The maximum Gasteiger partial charge on any atom is 0.573 e. The number of hydrogen-bond acceptors (Lipinski definition) is 2. The van der Waals surface area contributed by atoms with E-state index in [-0.39, 0.29) is 18.1 Å². The lowest BCUT2D eigenvalue weighted by atomic mass is 10.1. The molecule has 0 saturated heterocycles. The first-order valence-corrected chi connectivity index (χ1v) is 6.66. The van der Waals surface area contributed by atoms with Crippen LogP contribution in [0, 0.1) is 5.82 Å². The smallest absolute Gasteiger partial charge is 0.491 e. The first-order valence-electron chi connectivity index (χ1n) is 6.66. The van der Waals surface area contributed by atoms with Gasteiger partial charge in [0.1, 0.15) is 5.75 Å². The molecule has 0 fully saturated rings. The number of ether oxygens (including phenoxy) is 2. The highest BCUT2D eigenvalue weighted by Gasteiger charge is 2.31. The van der Waals surface area contributed by atoms with Crippen LogP contribution in [0.25, 0.3) is 0 Å². The Balaban J connectivity index is 1.82. The fourth-order valence-corrected chi connectivity index (χ4v) is 1.92. The number of halogens is 4. The van der Waals surface area contributed by atoms with Crippen LogP contribution in [0.4, 0.5) is 17.6 Å². The van der Waals surface area contributed by atoms with Crippen molar-refractivity contribution in [2.45, 2.75) is 19.2 Å². The molecule has 0 N–H and O–H groups in total. The second-order valence-corrected chi connectivity index (χ2v) is 4.58. The Kier molecular flexibility index (Phi) is 5.25. The molecule has 0 heterocycles. The van der Waals surface area contributed by atoms with Crippen LogP contribution in [0.3, 0.4) is 0 Å². The number of benzene rings is 2. The van der Waals surface area contributed by atoms with E-state index in [1.165, 1.54) is 30.3 Å². The maximum atomic E-state index is 13.3. The second kappa shape index (κ2) is 7.15. The van der Waals surface area contributed by atoms with Crippen LogP contribution in [-0.2, 0) is 6.42 Å². The van der Waals surface area contributed by atoms with Gasteiger partial charge in [-0.25, -0.2) is 4.39 Å². The van der Waals surface area contributed by atoms with Crippen molar-refractivity contribution in [3.8, 4) is 11.5 Å². The number of rotatable bonds is 6. The summed E-state index contributed by atoms with van der Waals surface area (Å²) in [5.74, 6) is -0.528. The lowest BCUT2D eigenvalue weighted by Gasteiger charge is -2.10. The maximum absolute atomic E-state index is 13.3. The molecule has 0 amide bonds. The summed E-state index contributed by atoms with van der Waals surface area (Å²) in [6.45, 7) is 0.269. The van der Waals surface area contributed by atoms with Crippen molar-refractivity contribution in [2.24, 2.45) is 0 Å².